The molecule has 0 bridgehead atoms. The molecule has 0 radical (unpaired) electrons. The third-order valence-electron chi connectivity index (χ3n) is 4.51. The molecule has 1 N–H and O–H groups in total. The van der Waals surface area contributed by atoms with Gasteiger partial charge in [0.2, 0.25) is 10.0 Å². The van der Waals surface area contributed by atoms with Gasteiger partial charge in [-0.25, -0.2) is 12.7 Å². The van der Waals surface area contributed by atoms with Crippen LogP contribution in [0.2, 0.25) is 0 Å². The van der Waals surface area contributed by atoms with Crippen molar-refractivity contribution in [3.05, 3.63) is 16.3 Å². The number of sulfonamides is 1. The smallest absolute Gasteiger partial charge is 0.243 e. The summed E-state index contributed by atoms with van der Waals surface area (Å²) in [5.41, 5.74) is 0. The highest BCUT2D eigenvalue weighted by atomic mass is 32.2. The SMILES string of the molecule is CN(CC1CCCC1)S(=O)(=O)c1ccsc1CNC1CC1. The van der Waals surface area contributed by atoms with E-state index in [0.717, 1.165) is 4.88 Å². The van der Waals surface area contributed by atoms with Crippen LogP contribution in [0.5, 0.6) is 0 Å². The van der Waals surface area contributed by atoms with Crippen molar-refractivity contribution in [2.24, 2.45) is 5.92 Å². The van der Waals surface area contributed by atoms with Gasteiger partial charge in [-0.15, -0.1) is 11.3 Å². The molecule has 0 amide bonds. The Morgan fingerprint density at radius 1 is 1.29 bits per heavy atom. The monoisotopic (exact) mass is 328 g/mol. The fraction of sp³-hybridized carbons (Fsp3) is 0.733. The van der Waals surface area contributed by atoms with Crippen molar-refractivity contribution in [1.29, 1.82) is 0 Å². The zero-order valence-corrected chi connectivity index (χ0v) is 14.2. The van der Waals surface area contributed by atoms with Crippen molar-refractivity contribution in [3.8, 4) is 0 Å². The molecule has 118 valence electrons. The summed E-state index contributed by atoms with van der Waals surface area (Å²) in [5.74, 6) is 0.538. The summed E-state index contributed by atoms with van der Waals surface area (Å²) in [4.78, 5) is 1.45. The fourth-order valence-corrected chi connectivity index (χ4v) is 5.64. The van der Waals surface area contributed by atoms with Gasteiger partial charge in [-0.3, -0.25) is 0 Å². The Bertz CT molecular complexity index is 572. The molecule has 0 unspecified atom stereocenters. The van der Waals surface area contributed by atoms with E-state index in [2.05, 4.69) is 5.32 Å². The van der Waals surface area contributed by atoms with Gasteiger partial charge in [0.05, 0.1) is 4.90 Å². The summed E-state index contributed by atoms with van der Waals surface area (Å²) in [6.45, 7) is 1.34. The molecule has 6 heteroatoms. The second-order valence-electron chi connectivity index (χ2n) is 6.30. The lowest BCUT2D eigenvalue weighted by Gasteiger charge is -2.21. The molecular weight excluding hydrogens is 304 g/mol. The Kier molecular flexibility index (Phi) is 4.69. The molecule has 1 heterocycles. The highest BCUT2D eigenvalue weighted by Gasteiger charge is 2.29. The topological polar surface area (TPSA) is 49.4 Å². The van der Waals surface area contributed by atoms with Crippen LogP contribution in [0.1, 0.15) is 43.4 Å². The van der Waals surface area contributed by atoms with Crippen LogP contribution in [-0.4, -0.2) is 32.4 Å². The predicted molar refractivity (Wildman–Crippen MR) is 86.0 cm³/mol. The van der Waals surface area contributed by atoms with Crippen molar-refractivity contribution in [2.75, 3.05) is 13.6 Å². The van der Waals surface area contributed by atoms with Gasteiger partial charge in [0.25, 0.3) is 0 Å². The maximum absolute atomic E-state index is 12.8. The molecule has 2 saturated carbocycles. The maximum Gasteiger partial charge on any atom is 0.243 e. The van der Waals surface area contributed by atoms with E-state index in [4.69, 9.17) is 0 Å². The molecule has 1 aromatic heterocycles. The van der Waals surface area contributed by atoms with Gasteiger partial charge in [-0.05, 0) is 43.0 Å². The van der Waals surface area contributed by atoms with Crippen LogP contribution < -0.4 is 5.32 Å². The van der Waals surface area contributed by atoms with E-state index in [9.17, 15) is 8.42 Å². The van der Waals surface area contributed by atoms with Crippen molar-refractivity contribution in [1.82, 2.24) is 9.62 Å². The van der Waals surface area contributed by atoms with E-state index in [1.54, 1.807) is 17.4 Å². The van der Waals surface area contributed by atoms with E-state index in [0.29, 0.717) is 29.9 Å². The van der Waals surface area contributed by atoms with Crippen molar-refractivity contribution < 1.29 is 8.42 Å². The summed E-state index contributed by atoms with van der Waals surface area (Å²) in [6.07, 6.45) is 7.25. The third kappa shape index (κ3) is 3.67. The van der Waals surface area contributed by atoms with Gasteiger partial charge in [0.15, 0.2) is 0 Å². The molecule has 0 aromatic carbocycles. The first-order chi connectivity index (χ1) is 10.1. The zero-order chi connectivity index (χ0) is 14.9. The average Bonchev–Trinajstić information content (AvgIpc) is 2.93. The Morgan fingerprint density at radius 3 is 2.67 bits per heavy atom. The van der Waals surface area contributed by atoms with Crippen LogP contribution in [0, 0.1) is 5.92 Å². The van der Waals surface area contributed by atoms with Gasteiger partial charge in [-0.2, -0.15) is 0 Å². The summed E-state index contributed by atoms with van der Waals surface area (Å²) >= 11 is 1.54. The number of thiophene rings is 1. The fourth-order valence-electron chi connectivity index (χ4n) is 3.03. The highest BCUT2D eigenvalue weighted by Crippen LogP contribution is 2.30. The predicted octanol–water partition coefficient (Wildman–Crippen LogP) is 2.81. The molecular formula is C15H24N2O2S2. The summed E-state index contributed by atoms with van der Waals surface area (Å²) in [6, 6.07) is 2.36. The lowest BCUT2D eigenvalue weighted by Crippen LogP contribution is -2.31. The minimum Gasteiger partial charge on any atom is -0.309 e. The molecule has 0 atom stereocenters. The molecule has 0 saturated heterocycles. The maximum atomic E-state index is 12.8. The molecule has 2 aliphatic carbocycles. The number of hydrogen-bond donors (Lipinski definition) is 1. The van der Waals surface area contributed by atoms with Crippen molar-refractivity contribution >= 4 is 21.4 Å². The van der Waals surface area contributed by atoms with E-state index in [1.165, 1.54) is 49.9 Å². The molecule has 3 rings (SSSR count). The van der Waals surface area contributed by atoms with Crippen LogP contribution in [0.15, 0.2) is 16.3 Å². The number of nitrogens with one attached hydrogen (secondary N) is 1. The molecule has 0 aliphatic heterocycles. The Hall–Kier alpha value is -0.430. The van der Waals surface area contributed by atoms with E-state index < -0.39 is 10.0 Å². The Morgan fingerprint density at radius 2 is 2.00 bits per heavy atom. The van der Waals surface area contributed by atoms with Crippen LogP contribution >= 0.6 is 11.3 Å². The zero-order valence-electron chi connectivity index (χ0n) is 12.5. The van der Waals surface area contributed by atoms with Crippen LogP contribution in [-0.2, 0) is 16.6 Å². The number of nitrogens with zero attached hydrogens (tertiary/aromatic N) is 1. The standard InChI is InChI=1S/C15H24N2O2S2/c1-17(11-12-4-2-3-5-12)21(18,19)15-8-9-20-14(15)10-16-13-6-7-13/h8-9,12-13,16H,2-7,10-11H2,1H3. The molecule has 2 aliphatic rings. The Labute approximate surface area is 131 Å². The molecule has 4 nitrogen and oxygen atoms in total. The van der Waals surface area contributed by atoms with Gasteiger partial charge >= 0.3 is 0 Å². The van der Waals surface area contributed by atoms with Gasteiger partial charge < -0.3 is 5.32 Å². The first-order valence-electron chi connectivity index (χ1n) is 7.83. The first kappa shape index (κ1) is 15.5. The summed E-state index contributed by atoms with van der Waals surface area (Å²) in [5, 5.41) is 5.30. The normalized spacial score (nSPS) is 20.5. The molecule has 2 fully saturated rings. The summed E-state index contributed by atoms with van der Waals surface area (Å²) in [7, 11) is -1.61. The lowest BCUT2D eigenvalue weighted by atomic mass is 10.1. The van der Waals surface area contributed by atoms with Crippen LogP contribution in [0.3, 0.4) is 0 Å². The van der Waals surface area contributed by atoms with Crippen LogP contribution in [0.25, 0.3) is 0 Å². The van der Waals surface area contributed by atoms with Crippen molar-refractivity contribution in [3.63, 3.8) is 0 Å². The first-order valence-corrected chi connectivity index (χ1v) is 10.2. The average molecular weight is 329 g/mol. The number of rotatable bonds is 7. The summed E-state index contributed by atoms with van der Waals surface area (Å²) < 4.78 is 27.1. The largest absolute Gasteiger partial charge is 0.309 e. The molecule has 0 spiro atoms. The second kappa shape index (κ2) is 6.36. The van der Waals surface area contributed by atoms with Gasteiger partial charge in [0, 0.05) is 31.1 Å². The van der Waals surface area contributed by atoms with E-state index >= 15 is 0 Å². The minimum atomic E-state index is -3.34. The Balaban J connectivity index is 1.69. The van der Waals surface area contributed by atoms with Crippen molar-refractivity contribution in [2.45, 2.75) is 56.0 Å². The number of hydrogen-bond acceptors (Lipinski definition) is 4. The van der Waals surface area contributed by atoms with Gasteiger partial charge in [-0.1, -0.05) is 12.8 Å². The quantitative estimate of drug-likeness (QED) is 0.837. The third-order valence-corrected chi connectivity index (χ3v) is 7.47. The molecule has 21 heavy (non-hydrogen) atoms. The van der Waals surface area contributed by atoms with E-state index in [1.807, 2.05) is 5.38 Å². The van der Waals surface area contributed by atoms with Crippen LogP contribution in [0.4, 0.5) is 0 Å². The second-order valence-corrected chi connectivity index (χ2v) is 9.31. The minimum absolute atomic E-state index is 0.501. The highest BCUT2D eigenvalue weighted by molar-refractivity contribution is 7.89. The van der Waals surface area contributed by atoms with Gasteiger partial charge in [0.1, 0.15) is 0 Å². The van der Waals surface area contributed by atoms with E-state index in [-0.39, 0.29) is 0 Å². The molecule has 1 aromatic rings. The lowest BCUT2D eigenvalue weighted by molar-refractivity contribution is 0.387.